The first-order chi connectivity index (χ1) is 11.1. The van der Waals surface area contributed by atoms with Crippen LogP contribution in [0.2, 0.25) is 0 Å². The van der Waals surface area contributed by atoms with Crippen molar-refractivity contribution in [3.63, 3.8) is 0 Å². The van der Waals surface area contributed by atoms with E-state index in [1.807, 2.05) is 6.07 Å². The number of benzene rings is 1. The summed E-state index contributed by atoms with van der Waals surface area (Å²) in [6, 6.07) is 6.24. The quantitative estimate of drug-likeness (QED) is 0.679. The lowest BCUT2D eigenvalue weighted by atomic mass is 10.0. The summed E-state index contributed by atoms with van der Waals surface area (Å²) in [4.78, 5) is 8.81. The molecule has 0 amide bonds. The van der Waals surface area contributed by atoms with E-state index in [0.29, 0.717) is 11.7 Å². The summed E-state index contributed by atoms with van der Waals surface area (Å²) in [5, 5.41) is 1.12. The molecule has 0 spiro atoms. The molecule has 4 heteroatoms. The fraction of sp³-hybridized carbons (Fsp3) is 0.368. The first-order valence-electron chi connectivity index (χ1n) is 7.95. The molecule has 3 rings (SSSR count). The van der Waals surface area contributed by atoms with Gasteiger partial charge in [0.25, 0.3) is 0 Å². The van der Waals surface area contributed by atoms with Crippen LogP contribution in [0.5, 0.6) is 5.75 Å². The van der Waals surface area contributed by atoms with Crippen LogP contribution in [0.25, 0.3) is 22.2 Å². The summed E-state index contributed by atoms with van der Waals surface area (Å²) >= 11 is 0. The highest BCUT2D eigenvalue weighted by atomic mass is 16.5. The van der Waals surface area contributed by atoms with Gasteiger partial charge in [-0.25, -0.2) is 4.98 Å². The Morgan fingerprint density at radius 3 is 2.70 bits per heavy atom. The van der Waals surface area contributed by atoms with Crippen molar-refractivity contribution in [3.8, 4) is 17.1 Å². The second-order valence-corrected chi connectivity index (χ2v) is 6.30. The molecule has 120 valence electrons. The summed E-state index contributed by atoms with van der Waals surface area (Å²) < 4.78 is 11.0. The van der Waals surface area contributed by atoms with E-state index in [-0.39, 0.29) is 0 Å². The lowest BCUT2D eigenvalue weighted by molar-refractivity contribution is 0.415. The molecule has 2 heterocycles. The number of rotatable bonds is 5. The van der Waals surface area contributed by atoms with Gasteiger partial charge < -0.3 is 9.15 Å². The van der Waals surface area contributed by atoms with Gasteiger partial charge in [0.1, 0.15) is 5.75 Å². The average Bonchev–Trinajstić information content (AvgIpc) is 3.06. The number of methoxy groups -OCH3 is 1. The molecule has 3 aromatic rings. The molecule has 0 saturated carbocycles. The van der Waals surface area contributed by atoms with Gasteiger partial charge in [-0.1, -0.05) is 13.8 Å². The largest absolute Gasteiger partial charge is 0.496 e. The Morgan fingerprint density at radius 1 is 1.22 bits per heavy atom. The standard InChI is InChI=1S/C19H22N2O2/c1-12(2)5-6-14-7-13(3)15-8-16(19-10-20-11-23-19)18(22-4)9-17(15)21-14/h7-12H,5-6H2,1-4H3. The topological polar surface area (TPSA) is 48.2 Å². The maximum absolute atomic E-state index is 5.53. The van der Waals surface area contributed by atoms with Gasteiger partial charge in [0.15, 0.2) is 12.2 Å². The van der Waals surface area contributed by atoms with Gasteiger partial charge >= 0.3 is 0 Å². The van der Waals surface area contributed by atoms with E-state index >= 15 is 0 Å². The summed E-state index contributed by atoms with van der Waals surface area (Å²) in [6.45, 7) is 6.60. The second kappa shape index (κ2) is 6.41. The van der Waals surface area contributed by atoms with Gasteiger partial charge in [0.2, 0.25) is 0 Å². The van der Waals surface area contributed by atoms with Gasteiger partial charge in [0, 0.05) is 17.1 Å². The molecular weight excluding hydrogens is 288 g/mol. The normalized spacial score (nSPS) is 11.3. The Hall–Kier alpha value is -2.36. The van der Waals surface area contributed by atoms with Gasteiger partial charge in [-0.2, -0.15) is 0 Å². The smallest absolute Gasteiger partial charge is 0.181 e. The van der Waals surface area contributed by atoms with E-state index in [9.17, 15) is 0 Å². The summed E-state index contributed by atoms with van der Waals surface area (Å²) in [6.07, 6.45) is 5.27. The number of ether oxygens (including phenoxy) is 1. The number of hydrogen-bond donors (Lipinski definition) is 0. The predicted molar refractivity (Wildman–Crippen MR) is 91.7 cm³/mol. The number of aromatic nitrogens is 2. The maximum Gasteiger partial charge on any atom is 0.181 e. The van der Waals surface area contributed by atoms with Crippen molar-refractivity contribution < 1.29 is 9.15 Å². The van der Waals surface area contributed by atoms with Gasteiger partial charge in [-0.05, 0) is 43.4 Å². The fourth-order valence-corrected chi connectivity index (χ4v) is 2.77. The third-order valence-corrected chi connectivity index (χ3v) is 4.07. The second-order valence-electron chi connectivity index (χ2n) is 6.30. The van der Waals surface area contributed by atoms with Gasteiger partial charge in [-0.15, -0.1) is 0 Å². The Balaban J connectivity index is 2.10. The minimum atomic E-state index is 0.677. The highest BCUT2D eigenvalue weighted by molar-refractivity contribution is 5.89. The van der Waals surface area contributed by atoms with Crippen molar-refractivity contribution >= 4 is 10.9 Å². The molecule has 0 saturated heterocycles. The van der Waals surface area contributed by atoms with Crippen molar-refractivity contribution in [2.45, 2.75) is 33.6 Å². The minimum Gasteiger partial charge on any atom is -0.496 e. The number of fused-ring (bicyclic) bond motifs is 1. The zero-order chi connectivity index (χ0) is 16.4. The Bertz CT molecular complexity index is 808. The van der Waals surface area contributed by atoms with Crippen LogP contribution in [0.1, 0.15) is 31.5 Å². The van der Waals surface area contributed by atoms with Crippen molar-refractivity contribution in [1.82, 2.24) is 9.97 Å². The first kappa shape index (κ1) is 15.5. The molecule has 2 aromatic heterocycles. The van der Waals surface area contributed by atoms with Crippen molar-refractivity contribution in [2.24, 2.45) is 5.92 Å². The first-order valence-corrected chi connectivity index (χ1v) is 7.95. The summed E-state index contributed by atoms with van der Waals surface area (Å²) in [5.41, 5.74) is 4.22. The van der Waals surface area contributed by atoms with E-state index in [0.717, 1.165) is 40.8 Å². The summed E-state index contributed by atoms with van der Waals surface area (Å²) in [7, 11) is 1.66. The fourth-order valence-electron chi connectivity index (χ4n) is 2.77. The molecule has 0 fully saturated rings. The molecule has 0 aliphatic heterocycles. The summed E-state index contributed by atoms with van der Waals surface area (Å²) in [5.74, 6) is 2.13. The van der Waals surface area contributed by atoms with E-state index < -0.39 is 0 Å². The van der Waals surface area contributed by atoms with Crippen molar-refractivity contribution in [2.75, 3.05) is 7.11 Å². The molecule has 4 nitrogen and oxygen atoms in total. The van der Waals surface area contributed by atoms with Crippen LogP contribution < -0.4 is 4.74 Å². The molecule has 23 heavy (non-hydrogen) atoms. The Morgan fingerprint density at radius 2 is 2.04 bits per heavy atom. The van der Waals surface area contributed by atoms with Crippen LogP contribution in [0.15, 0.2) is 35.2 Å². The number of aryl methyl sites for hydroxylation is 2. The van der Waals surface area contributed by atoms with Crippen LogP contribution >= 0.6 is 0 Å². The molecule has 0 aliphatic carbocycles. The van der Waals surface area contributed by atoms with Crippen molar-refractivity contribution in [3.05, 3.63) is 42.0 Å². The molecule has 0 aliphatic rings. The Labute approximate surface area is 136 Å². The third kappa shape index (κ3) is 3.21. The van der Waals surface area contributed by atoms with Crippen LogP contribution in [-0.2, 0) is 6.42 Å². The molecule has 1 aromatic carbocycles. The Kier molecular flexibility index (Phi) is 4.33. The number of oxazole rings is 1. The zero-order valence-electron chi connectivity index (χ0n) is 14.1. The van der Waals surface area contributed by atoms with Crippen LogP contribution in [-0.4, -0.2) is 17.1 Å². The highest BCUT2D eigenvalue weighted by Crippen LogP contribution is 2.34. The van der Waals surface area contributed by atoms with E-state index in [1.165, 1.54) is 12.0 Å². The molecule has 0 atom stereocenters. The lowest BCUT2D eigenvalue weighted by Gasteiger charge is -2.12. The van der Waals surface area contributed by atoms with E-state index in [4.69, 9.17) is 14.1 Å². The monoisotopic (exact) mass is 310 g/mol. The molecule has 0 unspecified atom stereocenters. The number of pyridine rings is 1. The SMILES string of the molecule is COc1cc2nc(CCC(C)C)cc(C)c2cc1-c1cnco1. The maximum atomic E-state index is 5.53. The number of hydrogen-bond acceptors (Lipinski definition) is 4. The molecule has 0 N–H and O–H groups in total. The molecule has 0 radical (unpaired) electrons. The van der Waals surface area contributed by atoms with Crippen LogP contribution in [0, 0.1) is 12.8 Å². The van der Waals surface area contributed by atoms with Gasteiger partial charge in [-0.3, -0.25) is 4.98 Å². The van der Waals surface area contributed by atoms with Crippen LogP contribution in [0.3, 0.4) is 0 Å². The lowest BCUT2D eigenvalue weighted by Crippen LogP contribution is -1.98. The molecule has 0 bridgehead atoms. The van der Waals surface area contributed by atoms with E-state index in [2.05, 4.69) is 37.9 Å². The average molecular weight is 310 g/mol. The van der Waals surface area contributed by atoms with Gasteiger partial charge in [0.05, 0.1) is 24.4 Å². The zero-order valence-corrected chi connectivity index (χ0v) is 14.1. The predicted octanol–water partition coefficient (Wildman–Crippen LogP) is 4.80. The molecular formula is C19H22N2O2. The third-order valence-electron chi connectivity index (χ3n) is 4.07. The highest BCUT2D eigenvalue weighted by Gasteiger charge is 2.13. The van der Waals surface area contributed by atoms with Crippen molar-refractivity contribution in [1.29, 1.82) is 0 Å². The minimum absolute atomic E-state index is 0.677. The van der Waals surface area contributed by atoms with E-state index in [1.54, 1.807) is 13.3 Å². The van der Waals surface area contributed by atoms with Crippen LogP contribution in [0.4, 0.5) is 0 Å². The number of nitrogens with zero attached hydrogens (tertiary/aromatic N) is 2.